The van der Waals surface area contributed by atoms with Gasteiger partial charge in [-0.05, 0) is 60.6 Å². The van der Waals surface area contributed by atoms with Crippen molar-refractivity contribution in [3.8, 4) is 11.1 Å². The molecule has 0 aliphatic rings. The first kappa shape index (κ1) is 28.5. The molecule has 0 aliphatic carbocycles. The molecule has 0 saturated heterocycles. The zero-order chi connectivity index (χ0) is 27.7. The maximum Gasteiger partial charge on any atom is 0.434 e. The summed E-state index contributed by atoms with van der Waals surface area (Å²) in [4.78, 5) is 28.3. The molecule has 2 atom stereocenters. The molecule has 0 radical (unpaired) electrons. The molecule has 198 valence electrons. The monoisotopic (exact) mass is 513 g/mol. The van der Waals surface area contributed by atoms with E-state index in [2.05, 4.69) is 11.9 Å². The highest BCUT2D eigenvalue weighted by molar-refractivity contribution is 6.08. The van der Waals surface area contributed by atoms with Gasteiger partial charge in [0.25, 0.3) is 0 Å². The van der Waals surface area contributed by atoms with Crippen molar-refractivity contribution in [3.05, 3.63) is 107 Å². The van der Waals surface area contributed by atoms with Crippen LogP contribution in [0.4, 0.5) is 4.79 Å². The van der Waals surface area contributed by atoms with Gasteiger partial charge in [-0.1, -0.05) is 91.4 Å². The Morgan fingerprint density at radius 2 is 1.45 bits per heavy atom. The molecule has 3 aromatic rings. The first-order valence-corrected chi connectivity index (χ1v) is 12.7. The third-order valence-corrected chi connectivity index (χ3v) is 6.65. The highest BCUT2D eigenvalue weighted by Crippen LogP contribution is 2.28. The molecule has 0 bridgehead atoms. The first-order valence-electron chi connectivity index (χ1n) is 12.7. The van der Waals surface area contributed by atoms with Gasteiger partial charge in [0.1, 0.15) is 12.2 Å². The van der Waals surface area contributed by atoms with Crippen molar-refractivity contribution in [1.29, 1.82) is 0 Å². The summed E-state index contributed by atoms with van der Waals surface area (Å²) in [5.74, 6) is -0.855. The number of carbonyl (C=O) groups is 2. The summed E-state index contributed by atoms with van der Waals surface area (Å²) >= 11 is 0. The number of rotatable bonds is 10. The van der Waals surface area contributed by atoms with Crippen LogP contribution >= 0.6 is 0 Å². The van der Waals surface area contributed by atoms with Crippen LogP contribution < -0.4 is 0 Å². The van der Waals surface area contributed by atoms with E-state index >= 15 is 0 Å². The number of methoxy groups -OCH3 is 1. The number of carboxylic acids is 1. The Balaban J connectivity index is 1.89. The maximum absolute atomic E-state index is 12.9. The Morgan fingerprint density at radius 1 is 0.868 bits per heavy atom. The number of aliphatic carboxylic acids is 1. The molecule has 38 heavy (non-hydrogen) atoms. The molecule has 1 amide bonds. The summed E-state index contributed by atoms with van der Waals surface area (Å²) in [5.41, 5.74) is 6.97. The normalized spacial score (nSPS) is 13.9. The Labute approximate surface area is 224 Å². The second-order valence-corrected chi connectivity index (χ2v) is 9.20. The molecule has 0 aromatic heterocycles. The van der Waals surface area contributed by atoms with Crippen LogP contribution in [0.2, 0.25) is 0 Å². The van der Waals surface area contributed by atoms with Gasteiger partial charge in [-0.25, -0.2) is 4.79 Å². The molecular weight excluding hydrogens is 478 g/mol. The Bertz CT molecular complexity index is 1290. The fraction of sp³-hybridized carbons (Fsp3) is 0.281. The highest BCUT2D eigenvalue weighted by Gasteiger charge is 2.23. The van der Waals surface area contributed by atoms with Crippen molar-refractivity contribution in [1.82, 2.24) is 0 Å². The van der Waals surface area contributed by atoms with E-state index in [0.29, 0.717) is 5.71 Å². The van der Waals surface area contributed by atoms with Crippen molar-refractivity contribution in [2.24, 2.45) is 4.99 Å². The number of benzene rings is 3. The smallest absolute Gasteiger partial charge is 0.434 e. The molecule has 6 heteroatoms. The van der Waals surface area contributed by atoms with Gasteiger partial charge in [0.15, 0.2) is 0 Å². The van der Waals surface area contributed by atoms with Crippen LogP contribution in [0.5, 0.6) is 0 Å². The van der Waals surface area contributed by atoms with Crippen molar-refractivity contribution in [3.63, 3.8) is 0 Å². The summed E-state index contributed by atoms with van der Waals surface area (Å²) in [6, 6.07) is 24.9. The molecule has 0 aliphatic heterocycles. The third-order valence-electron chi connectivity index (χ3n) is 6.65. The van der Waals surface area contributed by atoms with E-state index < -0.39 is 24.3 Å². The van der Waals surface area contributed by atoms with Crippen molar-refractivity contribution in [2.75, 3.05) is 7.11 Å². The number of aliphatic imine (C=N–C) groups is 1. The van der Waals surface area contributed by atoms with Gasteiger partial charge < -0.3 is 14.6 Å². The van der Waals surface area contributed by atoms with Crippen LogP contribution in [-0.2, 0) is 20.7 Å². The van der Waals surface area contributed by atoms with Crippen LogP contribution in [0, 0.1) is 0 Å². The zero-order valence-electron chi connectivity index (χ0n) is 22.6. The summed E-state index contributed by atoms with van der Waals surface area (Å²) in [5, 5.41) is 8.99. The Morgan fingerprint density at radius 3 is 1.97 bits per heavy atom. The van der Waals surface area contributed by atoms with Gasteiger partial charge in [0, 0.05) is 7.11 Å². The van der Waals surface area contributed by atoms with E-state index in [-0.39, 0.29) is 6.42 Å². The highest BCUT2D eigenvalue weighted by atomic mass is 16.6. The zero-order valence-corrected chi connectivity index (χ0v) is 22.6. The van der Waals surface area contributed by atoms with Crippen molar-refractivity contribution < 1.29 is 24.2 Å². The molecule has 2 unspecified atom stereocenters. The number of carboxylic acid groups (broad SMARTS) is 1. The van der Waals surface area contributed by atoms with Gasteiger partial charge in [-0.2, -0.15) is 4.99 Å². The van der Waals surface area contributed by atoms with E-state index in [4.69, 9.17) is 14.6 Å². The Hall–Kier alpha value is -4.03. The predicted octanol–water partition coefficient (Wildman–Crippen LogP) is 7.75. The average molecular weight is 514 g/mol. The van der Waals surface area contributed by atoms with Crippen LogP contribution in [0.3, 0.4) is 0 Å². The standard InChI is InChI=1S/C32H35NO5/c1-6-21(2)22(3)30(33-32(36)38-23(4)25-10-8-7-9-11-25)31(37-5)28-18-16-27(17-19-28)26-14-12-24(13-15-26)20-29(34)35/h7-19,23,31H,6,20H2,1-5H3,(H,34,35). The maximum atomic E-state index is 12.9. The molecule has 6 nitrogen and oxygen atoms in total. The summed E-state index contributed by atoms with van der Waals surface area (Å²) in [7, 11) is 1.60. The van der Waals surface area contributed by atoms with Gasteiger partial charge in [0.05, 0.1) is 12.1 Å². The SMILES string of the molecule is CCC(C)=C(C)C(=NC(=O)OC(C)c1ccccc1)C(OC)c1ccc(-c2ccc(CC(=O)O)cc2)cc1. The lowest BCUT2D eigenvalue weighted by atomic mass is 9.94. The van der Waals surface area contributed by atoms with E-state index in [1.165, 1.54) is 0 Å². The van der Waals surface area contributed by atoms with E-state index in [1.807, 2.05) is 99.6 Å². The second-order valence-electron chi connectivity index (χ2n) is 9.20. The molecule has 0 fully saturated rings. The quantitative estimate of drug-likeness (QED) is 0.280. The largest absolute Gasteiger partial charge is 0.481 e. The fourth-order valence-corrected chi connectivity index (χ4v) is 4.14. The third kappa shape index (κ3) is 7.49. The number of hydrogen-bond donors (Lipinski definition) is 1. The van der Waals surface area contributed by atoms with Gasteiger partial charge in [-0.15, -0.1) is 0 Å². The van der Waals surface area contributed by atoms with E-state index in [9.17, 15) is 9.59 Å². The number of ether oxygens (including phenoxy) is 2. The minimum atomic E-state index is -0.855. The number of hydrogen-bond acceptors (Lipinski definition) is 4. The number of nitrogens with zero attached hydrogens (tertiary/aromatic N) is 1. The van der Waals surface area contributed by atoms with Crippen molar-refractivity contribution >= 4 is 17.8 Å². The summed E-state index contributed by atoms with van der Waals surface area (Å²) in [6.07, 6.45) is -0.865. The minimum absolute atomic E-state index is 0.00649. The molecule has 3 aromatic carbocycles. The topological polar surface area (TPSA) is 85.2 Å². The summed E-state index contributed by atoms with van der Waals surface area (Å²) in [6.45, 7) is 7.85. The fourth-order valence-electron chi connectivity index (χ4n) is 4.14. The van der Waals surface area contributed by atoms with Crippen LogP contribution in [-0.4, -0.2) is 30.0 Å². The van der Waals surface area contributed by atoms with Crippen LogP contribution in [0.1, 0.15) is 63.0 Å². The lowest BCUT2D eigenvalue weighted by Gasteiger charge is -2.21. The van der Waals surface area contributed by atoms with Gasteiger partial charge in [-0.3, -0.25) is 4.79 Å². The molecular formula is C32H35NO5. The predicted molar refractivity (Wildman–Crippen MR) is 150 cm³/mol. The lowest BCUT2D eigenvalue weighted by Crippen LogP contribution is -2.19. The Kier molecular flexibility index (Phi) is 10.1. The molecule has 0 heterocycles. The molecule has 3 rings (SSSR count). The van der Waals surface area contributed by atoms with E-state index in [0.717, 1.165) is 45.4 Å². The average Bonchev–Trinajstić information content (AvgIpc) is 2.93. The molecule has 0 spiro atoms. The van der Waals surface area contributed by atoms with Crippen molar-refractivity contribution in [2.45, 2.75) is 52.7 Å². The van der Waals surface area contributed by atoms with Crippen LogP contribution in [0.25, 0.3) is 11.1 Å². The number of amides is 1. The number of carbonyl (C=O) groups excluding carboxylic acids is 1. The minimum Gasteiger partial charge on any atom is -0.481 e. The lowest BCUT2D eigenvalue weighted by molar-refractivity contribution is -0.136. The first-order chi connectivity index (χ1) is 18.2. The number of allylic oxidation sites excluding steroid dienone is 1. The molecule has 0 saturated carbocycles. The summed E-state index contributed by atoms with van der Waals surface area (Å²) < 4.78 is 11.5. The van der Waals surface area contributed by atoms with Gasteiger partial charge >= 0.3 is 12.1 Å². The van der Waals surface area contributed by atoms with Gasteiger partial charge in [0.2, 0.25) is 0 Å². The second kappa shape index (κ2) is 13.5. The van der Waals surface area contributed by atoms with Crippen LogP contribution in [0.15, 0.2) is 95.0 Å². The van der Waals surface area contributed by atoms with E-state index in [1.54, 1.807) is 7.11 Å². The molecule has 1 N–H and O–H groups in total.